The van der Waals surface area contributed by atoms with E-state index in [-0.39, 0.29) is 36.7 Å². The molecule has 4 rings (SSSR count). The van der Waals surface area contributed by atoms with Gasteiger partial charge in [0, 0.05) is 11.6 Å². The predicted molar refractivity (Wildman–Crippen MR) is 83.5 cm³/mol. The first-order valence-corrected chi connectivity index (χ1v) is 8.43. The molecule has 156 valence electrons. The minimum Gasteiger partial charge on any atom is -0.468 e. The van der Waals surface area contributed by atoms with E-state index >= 15 is 0 Å². The van der Waals surface area contributed by atoms with Crippen molar-refractivity contribution >= 4 is 6.03 Å². The van der Waals surface area contributed by atoms with Crippen molar-refractivity contribution < 1.29 is 35.9 Å². The quantitative estimate of drug-likeness (QED) is 0.725. The Morgan fingerprint density at radius 1 is 1.21 bits per heavy atom. The highest BCUT2D eigenvalue weighted by molar-refractivity contribution is 5.76. The van der Waals surface area contributed by atoms with Gasteiger partial charge in [0.25, 0.3) is 0 Å². The molecule has 3 saturated carbocycles. The van der Waals surface area contributed by atoms with Gasteiger partial charge in [-0.1, -0.05) is 0 Å². The summed E-state index contributed by atoms with van der Waals surface area (Å²) < 4.78 is 80.0. The van der Waals surface area contributed by atoms with E-state index in [1.165, 1.54) is 19.9 Å². The van der Waals surface area contributed by atoms with Crippen LogP contribution in [0.4, 0.5) is 31.1 Å². The summed E-state index contributed by atoms with van der Waals surface area (Å²) in [6.45, 7) is 1.47. The van der Waals surface area contributed by atoms with E-state index in [4.69, 9.17) is 0 Å². The Balaban J connectivity index is 1.56. The molecule has 3 fully saturated rings. The predicted octanol–water partition coefficient (Wildman–Crippen LogP) is 3.57. The van der Waals surface area contributed by atoms with E-state index in [1.807, 2.05) is 0 Å². The van der Waals surface area contributed by atoms with Gasteiger partial charge in [0.2, 0.25) is 5.88 Å². The maximum absolute atomic E-state index is 12.8. The number of aryl methyl sites for hydroxylation is 1. The minimum atomic E-state index is -4.53. The summed E-state index contributed by atoms with van der Waals surface area (Å²) in [5, 5.41) is 5.08. The Hall–Kier alpha value is -2.27. The van der Waals surface area contributed by atoms with Crippen LogP contribution in [0.2, 0.25) is 0 Å². The van der Waals surface area contributed by atoms with Crippen molar-refractivity contribution in [3.05, 3.63) is 17.6 Å². The molecule has 2 amide bonds. The maximum atomic E-state index is 12.8. The van der Waals surface area contributed by atoms with Gasteiger partial charge in [0.1, 0.15) is 5.82 Å². The van der Waals surface area contributed by atoms with Gasteiger partial charge in [-0.05, 0) is 33.1 Å². The SMILES string of the molecule is Cc1nc(OCC(F)(F)F)cc([C@H](C)NC(=O)NC23CC(C(F)(F)F)(C2)C3)n1. The summed E-state index contributed by atoms with van der Waals surface area (Å²) in [6.07, 6.45) is -9.24. The number of aromatic nitrogens is 2. The fourth-order valence-electron chi connectivity index (χ4n) is 3.78. The molecule has 0 unspecified atom stereocenters. The molecule has 0 aromatic carbocycles. The van der Waals surface area contributed by atoms with Gasteiger partial charge in [0.15, 0.2) is 6.61 Å². The van der Waals surface area contributed by atoms with E-state index < -0.39 is 42.0 Å². The van der Waals surface area contributed by atoms with Gasteiger partial charge >= 0.3 is 18.4 Å². The third-order valence-corrected chi connectivity index (χ3v) is 5.02. The third kappa shape index (κ3) is 3.95. The van der Waals surface area contributed by atoms with Gasteiger partial charge in [0.05, 0.1) is 17.2 Å². The van der Waals surface area contributed by atoms with Gasteiger partial charge in [-0.2, -0.15) is 31.3 Å². The number of nitrogens with zero attached hydrogens (tertiary/aromatic N) is 2. The van der Waals surface area contributed by atoms with Crippen LogP contribution in [0.5, 0.6) is 5.88 Å². The minimum absolute atomic E-state index is 0.145. The van der Waals surface area contributed by atoms with Crippen LogP contribution < -0.4 is 15.4 Å². The molecule has 1 aromatic rings. The topological polar surface area (TPSA) is 76.1 Å². The highest BCUT2D eigenvalue weighted by Crippen LogP contribution is 2.73. The van der Waals surface area contributed by atoms with Crippen molar-refractivity contribution in [2.75, 3.05) is 6.61 Å². The molecule has 1 heterocycles. The second kappa shape index (κ2) is 6.38. The zero-order valence-electron chi connectivity index (χ0n) is 15.0. The Labute approximate surface area is 156 Å². The van der Waals surface area contributed by atoms with Crippen LogP contribution in [0.15, 0.2) is 6.07 Å². The molecule has 0 aliphatic heterocycles. The number of ether oxygens (including phenoxy) is 1. The number of alkyl halides is 6. The number of carbonyl (C=O) groups excluding carboxylic acids is 1. The number of halogens is 6. The number of urea groups is 1. The highest BCUT2D eigenvalue weighted by Gasteiger charge is 2.79. The average Bonchev–Trinajstić information content (AvgIpc) is 2.44. The van der Waals surface area contributed by atoms with E-state index in [0.29, 0.717) is 0 Å². The standard InChI is InChI=1S/C16H18F6N4O2/c1-8(10-3-11(25-9(2)24-10)28-7-15(17,18)19)23-12(27)26-14-4-13(5-14,6-14)16(20,21)22/h3,8H,4-7H2,1-2H3,(H2,23,26,27)/t8-,13?,14?/m0/s1. The summed E-state index contributed by atoms with van der Waals surface area (Å²) in [7, 11) is 0. The lowest BCUT2D eigenvalue weighted by Crippen LogP contribution is -2.79. The second-order valence-electron chi connectivity index (χ2n) is 7.49. The van der Waals surface area contributed by atoms with Crippen molar-refractivity contribution in [3.63, 3.8) is 0 Å². The lowest BCUT2D eigenvalue weighted by Gasteiger charge is -2.70. The number of carbonyl (C=O) groups is 1. The molecule has 0 radical (unpaired) electrons. The molecule has 2 bridgehead atoms. The van der Waals surface area contributed by atoms with Crippen molar-refractivity contribution in [1.82, 2.24) is 20.6 Å². The monoisotopic (exact) mass is 412 g/mol. The summed E-state index contributed by atoms with van der Waals surface area (Å²) in [5.41, 5.74) is -2.31. The smallest absolute Gasteiger partial charge is 0.422 e. The van der Waals surface area contributed by atoms with Gasteiger partial charge in [-0.15, -0.1) is 0 Å². The Morgan fingerprint density at radius 2 is 1.82 bits per heavy atom. The van der Waals surface area contributed by atoms with Crippen LogP contribution in [0.3, 0.4) is 0 Å². The summed E-state index contributed by atoms with van der Waals surface area (Å²) in [6, 6.07) is -0.223. The van der Waals surface area contributed by atoms with E-state index in [0.717, 1.165) is 0 Å². The first-order chi connectivity index (χ1) is 12.7. The van der Waals surface area contributed by atoms with Crippen LogP contribution in [0.1, 0.15) is 43.7 Å². The van der Waals surface area contributed by atoms with Gasteiger partial charge in [-0.25, -0.2) is 9.78 Å². The molecular formula is C16H18F6N4O2. The molecule has 3 aliphatic carbocycles. The van der Waals surface area contributed by atoms with Crippen molar-refractivity contribution in [2.24, 2.45) is 5.41 Å². The van der Waals surface area contributed by atoms with Crippen LogP contribution >= 0.6 is 0 Å². The average molecular weight is 412 g/mol. The van der Waals surface area contributed by atoms with Crippen LogP contribution in [0.25, 0.3) is 0 Å². The van der Waals surface area contributed by atoms with Crippen LogP contribution in [-0.4, -0.2) is 40.5 Å². The molecule has 0 saturated heterocycles. The molecule has 12 heteroatoms. The van der Waals surface area contributed by atoms with Crippen molar-refractivity contribution in [3.8, 4) is 5.88 Å². The first kappa shape index (κ1) is 20.5. The van der Waals surface area contributed by atoms with Crippen molar-refractivity contribution in [1.29, 1.82) is 0 Å². The molecule has 1 aromatic heterocycles. The number of hydrogen-bond acceptors (Lipinski definition) is 4. The summed E-state index contributed by atoms with van der Waals surface area (Å²) >= 11 is 0. The number of amides is 2. The fourth-order valence-corrected chi connectivity index (χ4v) is 3.78. The first-order valence-electron chi connectivity index (χ1n) is 8.43. The van der Waals surface area contributed by atoms with E-state index in [9.17, 15) is 31.1 Å². The molecular weight excluding hydrogens is 394 g/mol. The van der Waals surface area contributed by atoms with Gasteiger partial charge < -0.3 is 15.4 Å². The zero-order valence-corrected chi connectivity index (χ0v) is 15.0. The van der Waals surface area contributed by atoms with Crippen LogP contribution in [-0.2, 0) is 0 Å². The second-order valence-corrected chi connectivity index (χ2v) is 7.49. The number of hydrogen-bond donors (Lipinski definition) is 2. The Morgan fingerprint density at radius 3 is 2.36 bits per heavy atom. The van der Waals surface area contributed by atoms with Crippen molar-refractivity contribution in [2.45, 2.75) is 57.0 Å². The maximum Gasteiger partial charge on any atom is 0.422 e. The zero-order chi connectivity index (χ0) is 21.0. The highest BCUT2D eigenvalue weighted by atomic mass is 19.4. The summed E-state index contributed by atoms with van der Waals surface area (Å²) in [4.78, 5) is 19.9. The lowest BCUT2D eigenvalue weighted by atomic mass is 9.39. The fraction of sp³-hybridized carbons (Fsp3) is 0.688. The molecule has 1 atom stereocenters. The normalized spacial score (nSPS) is 27.3. The van der Waals surface area contributed by atoms with Crippen LogP contribution in [0, 0.1) is 12.3 Å². The molecule has 3 aliphatic rings. The number of nitrogens with one attached hydrogen (secondary N) is 2. The molecule has 2 N–H and O–H groups in total. The Kier molecular flexibility index (Phi) is 4.66. The summed E-state index contributed by atoms with van der Waals surface area (Å²) in [5.74, 6) is -0.143. The van der Waals surface area contributed by atoms with E-state index in [1.54, 1.807) is 0 Å². The van der Waals surface area contributed by atoms with E-state index in [2.05, 4.69) is 25.3 Å². The lowest BCUT2D eigenvalue weighted by molar-refractivity contribution is -0.336. The molecule has 6 nitrogen and oxygen atoms in total. The molecule has 0 spiro atoms. The number of rotatable bonds is 5. The van der Waals surface area contributed by atoms with Gasteiger partial charge in [-0.3, -0.25) is 0 Å². The Bertz CT molecular complexity index is 760. The molecule has 28 heavy (non-hydrogen) atoms. The largest absolute Gasteiger partial charge is 0.468 e. The third-order valence-electron chi connectivity index (χ3n) is 5.02.